The first-order chi connectivity index (χ1) is 8.49. The molecule has 0 radical (unpaired) electrons. The van der Waals surface area contributed by atoms with Crippen LogP contribution in [0.25, 0.3) is 0 Å². The van der Waals surface area contributed by atoms with E-state index in [1.807, 2.05) is 13.8 Å². The van der Waals surface area contributed by atoms with E-state index in [4.69, 9.17) is 9.84 Å². The molecule has 1 N–H and O–H groups in total. The molecule has 0 unspecified atom stereocenters. The van der Waals surface area contributed by atoms with Gasteiger partial charge in [-0.3, -0.25) is 14.5 Å². The average Bonchev–Trinajstić information content (AvgIpc) is 2.34. The molecule has 0 aromatic carbocycles. The molecule has 1 amide bonds. The molecule has 1 heterocycles. The van der Waals surface area contributed by atoms with E-state index < -0.39 is 5.97 Å². The number of carbonyl (C=O) groups excluding carboxylic acids is 1. The normalized spacial score (nSPS) is 17.2. The van der Waals surface area contributed by atoms with Crippen molar-refractivity contribution in [1.82, 2.24) is 9.80 Å². The van der Waals surface area contributed by atoms with Gasteiger partial charge in [0.2, 0.25) is 5.91 Å². The minimum absolute atomic E-state index is 0.0154. The van der Waals surface area contributed by atoms with Crippen LogP contribution in [-0.4, -0.2) is 72.2 Å². The summed E-state index contributed by atoms with van der Waals surface area (Å²) < 4.78 is 5.28. The zero-order chi connectivity index (χ0) is 13.5. The molecule has 0 aromatic rings. The van der Waals surface area contributed by atoms with Gasteiger partial charge in [0.25, 0.3) is 0 Å². The zero-order valence-corrected chi connectivity index (χ0v) is 11.1. The number of hydrogen-bond acceptors (Lipinski definition) is 4. The Morgan fingerprint density at radius 3 is 2.33 bits per heavy atom. The third-order valence-corrected chi connectivity index (χ3v) is 2.91. The number of hydrogen-bond donors (Lipinski definition) is 1. The van der Waals surface area contributed by atoms with Crippen LogP contribution in [0.2, 0.25) is 0 Å². The van der Waals surface area contributed by atoms with Crippen LogP contribution in [-0.2, 0) is 14.3 Å². The summed E-state index contributed by atoms with van der Waals surface area (Å²) in [6, 6.07) is 0. The van der Waals surface area contributed by atoms with Crippen LogP contribution in [0.4, 0.5) is 0 Å². The Hall–Kier alpha value is -1.14. The van der Waals surface area contributed by atoms with Crippen molar-refractivity contribution in [3.05, 3.63) is 0 Å². The summed E-state index contributed by atoms with van der Waals surface area (Å²) in [6.45, 7) is 7.27. The molecular weight excluding hydrogens is 236 g/mol. The van der Waals surface area contributed by atoms with Gasteiger partial charge in [0, 0.05) is 32.7 Å². The Balaban J connectivity index is 2.22. The van der Waals surface area contributed by atoms with Crippen LogP contribution in [0.3, 0.4) is 0 Å². The Morgan fingerprint density at radius 2 is 1.83 bits per heavy atom. The maximum absolute atomic E-state index is 11.8. The summed E-state index contributed by atoms with van der Waals surface area (Å²) >= 11 is 0. The van der Waals surface area contributed by atoms with E-state index in [1.54, 1.807) is 4.90 Å². The van der Waals surface area contributed by atoms with Gasteiger partial charge in [-0.2, -0.15) is 0 Å². The van der Waals surface area contributed by atoms with E-state index in [-0.39, 0.29) is 25.0 Å². The van der Waals surface area contributed by atoms with Crippen molar-refractivity contribution in [1.29, 1.82) is 0 Å². The molecule has 1 aliphatic heterocycles. The van der Waals surface area contributed by atoms with Crippen molar-refractivity contribution in [2.75, 3.05) is 39.3 Å². The fourth-order valence-corrected chi connectivity index (χ4v) is 1.80. The number of carboxylic acid groups (broad SMARTS) is 1. The van der Waals surface area contributed by atoms with Gasteiger partial charge >= 0.3 is 5.97 Å². The highest BCUT2D eigenvalue weighted by Crippen LogP contribution is 2.03. The summed E-state index contributed by atoms with van der Waals surface area (Å²) in [7, 11) is 0. The molecule has 104 valence electrons. The van der Waals surface area contributed by atoms with Crippen molar-refractivity contribution in [3.8, 4) is 0 Å². The summed E-state index contributed by atoms with van der Waals surface area (Å²) in [5.41, 5.74) is 0. The van der Waals surface area contributed by atoms with Crippen LogP contribution in [0.15, 0.2) is 0 Å². The van der Waals surface area contributed by atoms with Gasteiger partial charge in [-0.05, 0) is 13.8 Å². The van der Waals surface area contributed by atoms with Crippen LogP contribution in [0.5, 0.6) is 0 Å². The molecule has 1 saturated heterocycles. The Kier molecular flexibility index (Phi) is 6.07. The highest BCUT2D eigenvalue weighted by molar-refractivity contribution is 5.77. The topological polar surface area (TPSA) is 70.1 Å². The SMILES string of the molecule is CC(C)OCC(=O)N1CCN(CCC(=O)O)CC1. The molecule has 0 atom stereocenters. The number of aliphatic carboxylic acids is 1. The lowest BCUT2D eigenvalue weighted by molar-refractivity contribution is -0.140. The number of rotatable bonds is 6. The molecule has 18 heavy (non-hydrogen) atoms. The first-order valence-corrected chi connectivity index (χ1v) is 6.32. The third-order valence-electron chi connectivity index (χ3n) is 2.91. The van der Waals surface area contributed by atoms with E-state index in [9.17, 15) is 9.59 Å². The number of amides is 1. The van der Waals surface area contributed by atoms with Crippen molar-refractivity contribution < 1.29 is 19.4 Å². The second-order valence-electron chi connectivity index (χ2n) is 4.73. The van der Waals surface area contributed by atoms with Crippen molar-refractivity contribution >= 4 is 11.9 Å². The lowest BCUT2D eigenvalue weighted by atomic mass is 10.3. The summed E-state index contributed by atoms with van der Waals surface area (Å²) in [4.78, 5) is 26.1. The maximum atomic E-state index is 11.8. The quantitative estimate of drug-likeness (QED) is 0.728. The Morgan fingerprint density at radius 1 is 1.22 bits per heavy atom. The Labute approximate surface area is 107 Å². The summed E-state index contributed by atoms with van der Waals surface area (Å²) in [5, 5.41) is 8.60. The van der Waals surface area contributed by atoms with E-state index in [1.165, 1.54) is 0 Å². The second kappa shape index (κ2) is 7.33. The lowest BCUT2D eigenvalue weighted by Crippen LogP contribution is -2.50. The molecule has 6 nitrogen and oxygen atoms in total. The molecule has 0 aromatic heterocycles. The average molecular weight is 258 g/mol. The van der Waals surface area contributed by atoms with Gasteiger partial charge in [-0.1, -0.05) is 0 Å². The smallest absolute Gasteiger partial charge is 0.304 e. The largest absolute Gasteiger partial charge is 0.481 e. The fraction of sp³-hybridized carbons (Fsp3) is 0.833. The predicted octanol–water partition coefficient (Wildman–Crippen LogP) is 0.0303. The molecule has 1 fully saturated rings. The third kappa shape index (κ3) is 5.46. The molecular formula is C12H22N2O4. The Bertz CT molecular complexity index is 286. The highest BCUT2D eigenvalue weighted by atomic mass is 16.5. The molecule has 0 saturated carbocycles. The van der Waals surface area contributed by atoms with E-state index in [2.05, 4.69) is 4.90 Å². The van der Waals surface area contributed by atoms with Crippen LogP contribution >= 0.6 is 0 Å². The molecule has 0 bridgehead atoms. The van der Waals surface area contributed by atoms with Crippen molar-refractivity contribution in [2.45, 2.75) is 26.4 Å². The summed E-state index contributed by atoms with van der Waals surface area (Å²) in [5.74, 6) is -0.763. The number of piperazine rings is 1. The second-order valence-corrected chi connectivity index (χ2v) is 4.73. The number of carboxylic acids is 1. The van der Waals surface area contributed by atoms with Gasteiger partial charge < -0.3 is 14.7 Å². The molecule has 6 heteroatoms. The predicted molar refractivity (Wildman–Crippen MR) is 66.4 cm³/mol. The van der Waals surface area contributed by atoms with E-state index in [0.717, 1.165) is 13.1 Å². The van der Waals surface area contributed by atoms with Gasteiger partial charge in [0.1, 0.15) is 6.61 Å². The first kappa shape index (κ1) is 14.9. The van der Waals surface area contributed by atoms with Crippen molar-refractivity contribution in [2.24, 2.45) is 0 Å². The lowest BCUT2D eigenvalue weighted by Gasteiger charge is -2.34. The van der Waals surface area contributed by atoms with Gasteiger partial charge in [0.05, 0.1) is 12.5 Å². The minimum Gasteiger partial charge on any atom is -0.481 e. The minimum atomic E-state index is -0.779. The van der Waals surface area contributed by atoms with Gasteiger partial charge in [-0.25, -0.2) is 0 Å². The molecule has 1 rings (SSSR count). The molecule has 0 aliphatic carbocycles. The van der Waals surface area contributed by atoms with E-state index in [0.29, 0.717) is 19.6 Å². The van der Waals surface area contributed by atoms with E-state index >= 15 is 0 Å². The first-order valence-electron chi connectivity index (χ1n) is 6.32. The fourth-order valence-electron chi connectivity index (χ4n) is 1.80. The molecule has 1 aliphatic rings. The van der Waals surface area contributed by atoms with Gasteiger partial charge in [0.15, 0.2) is 0 Å². The highest BCUT2D eigenvalue weighted by Gasteiger charge is 2.21. The zero-order valence-electron chi connectivity index (χ0n) is 11.1. The monoisotopic (exact) mass is 258 g/mol. The van der Waals surface area contributed by atoms with Crippen LogP contribution in [0.1, 0.15) is 20.3 Å². The number of nitrogens with zero attached hydrogens (tertiary/aromatic N) is 2. The molecule has 0 spiro atoms. The maximum Gasteiger partial charge on any atom is 0.304 e. The number of carbonyl (C=O) groups is 2. The van der Waals surface area contributed by atoms with Crippen LogP contribution in [0, 0.1) is 0 Å². The van der Waals surface area contributed by atoms with Crippen molar-refractivity contribution in [3.63, 3.8) is 0 Å². The standard InChI is InChI=1S/C12H22N2O4/c1-10(2)18-9-11(15)14-7-5-13(6-8-14)4-3-12(16)17/h10H,3-9H2,1-2H3,(H,16,17). The number of ether oxygens (including phenoxy) is 1. The van der Waals surface area contributed by atoms with Gasteiger partial charge in [-0.15, -0.1) is 0 Å². The van der Waals surface area contributed by atoms with Crippen LogP contribution < -0.4 is 0 Å². The summed E-state index contributed by atoms with van der Waals surface area (Å²) in [6.07, 6.45) is 0.218.